The van der Waals surface area contributed by atoms with Gasteiger partial charge in [-0.2, -0.15) is 0 Å². The predicted octanol–water partition coefficient (Wildman–Crippen LogP) is 4.11. The standard InChI is InChI=1S/C16H27ClN2/c1-5-10-19(13(2)3)11-9-16(18-4)14-7-6-8-15(17)12-14/h6-8,12-13,16,18H,5,9-11H2,1-4H3. The van der Waals surface area contributed by atoms with Crippen LogP contribution in [-0.4, -0.2) is 31.1 Å². The van der Waals surface area contributed by atoms with E-state index < -0.39 is 0 Å². The number of rotatable bonds is 8. The van der Waals surface area contributed by atoms with Gasteiger partial charge in [0.2, 0.25) is 0 Å². The first-order chi connectivity index (χ1) is 9.08. The molecule has 0 aliphatic rings. The summed E-state index contributed by atoms with van der Waals surface area (Å²) < 4.78 is 0. The van der Waals surface area contributed by atoms with Gasteiger partial charge in [0, 0.05) is 23.7 Å². The number of hydrogen-bond acceptors (Lipinski definition) is 2. The van der Waals surface area contributed by atoms with Crippen molar-refractivity contribution in [1.29, 1.82) is 0 Å². The first-order valence-corrected chi connectivity index (χ1v) is 7.63. The quantitative estimate of drug-likeness (QED) is 0.772. The highest BCUT2D eigenvalue weighted by Gasteiger charge is 2.13. The molecule has 0 aliphatic heterocycles. The molecule has 0 bridgehead atoms. The highest BCUT2D eigenvalue weighted by molar-refractivity contribution is 6.30. The van der Waals surface area contributed by atoms with Gasteiger partial charge in [-0.15, -0.1) is 0 Å². The Hall–Kier alpha value is -0.570. The fraction of sp³-hybridized carbons (Fsp3) is 0.625. The summed E-state index contributed by atoms with van der Waals surface area (Å²) in [6.45, 7) is 9.06. The second-order valence-corrected chi connectivity index (χ2v) is 5.75. The second-order valence-electron chi connectivity index (χ2n) is 5.31. The Morgan fingerprint density at radius 1 is 1.26 bits per heavy atom. The third-order valence-corrected chi connectivity index (χ3v) is 3.78. The maximum Gasteiger partial charge on any atom is 0.0409 e. The van der Waals surface area contributed by atoms with Crippen molar-refractivity contribution in [3.8, 4) is 0 Å². The second kappa shape index (κ2) is 8.57. The van der Waals surface area contributed by atoms with Crippen LogP contribution >= 0.6 is 11.6 Å². The molecule has 0 amide bonds. The number of halogens is 1. The lowest BCUT2D eigenvalue weighted by molar-refractivity contribution is 0.211. The minimum atomic E-state index is 0.372. The zero-order chi connectivity index (χ0) is 14.3. The summed E-state index contributed by atoms with van der Waals surface area (Å²) >= 11 is 6.07. The molecule has 2 nitrogen and oxygen atoms in total. The summed E-state index contributed by atoms with van der Waals surface area (Å²) in [4.78, 5) is 2.54. The number of nitrogens with zero attached hydrogens (tertiary/aromatic N) is 1. The SMILES string of the molecule is CCCN(CCC(NC)c1cccc(Cl)c1)C(C)C. The summed E-state index contributed by atoms with van der Waals surface area (Å²) in [6, 6.07) is 9.13. The number of benzene rings is 1. The molecule has 1 N–H and O–H groups in total. The van der Waals surface area contributed by atoms with Crippen molar-refractivity contribution < 1.29 is 0 Å². The van der Waals surface area contributed by atoms with Gasteiger partial charge in [-0.3, -0.25) is 0 Å². The van der Waals surface area contributed by atoms with Crippen molar-refractivity contribution >= 4 is 11.6 Å². The van der Waals surface area contributed by atoms with Gasteiger partial charge in [0.05, 0.1) is 0 Å². The summed E-state index contributed by atoms with van der Waals surface area (Å²) in [6.07, 6.45) is 2.31. The molecule has 1 rings (SSSR count). The lowest BCUT2D eigenvalue weighted by atomic mass is 10.0. The highest BCUT2D eigenvalue weighted by atomic mass is 35.5. The van der Waals surface area contributed by atoms with E-state index in [9.17, 15) is 0 Å². The maximum absolute atomic E-state index is 6.07. The molecule has 3 heteroatoms. The molecule has 0 radical (unpaired) electrons. The van der Waals surface area contributed by atoms with Crippen molar-refractivity contribution in [2.75, 3.05) is 20.1 Å². The van der Waals surface area contributed by atoms with Gasteiger partial charge in [-0.1, -0.05) is 30.7 Å². The lowest BCUT2D eigenvalue weighted by Gasteiger charge is -2.28. The van der Waals surface area contributed by atoms with Gasteiger partial charge >= 0.3 is 0 Å². The molecule has 0 aliphatic carbocycles. The van der Waals surface area contributed by atoms with Gasteiger partial charge in [-0.25, -0.2) is 0 Å². The molecule has 0 fully saturated rings. The smallest absolute Gasteiger partial charge is 0.0409 e. The van der Waals surface area contributed by atoms with Crippen LogP contribution in [0, 0.1) is 0 Å². The average Bonchev–Trinajstić information content (AvgIpc) is 2.38. The normalized spacial score (nSPS) is 13.2. The number of hydrogen-bond donors (Lipinski definition) is 1. The Labute approximate surface area is 123 Å². The molecule has 0 aromatic heterocycles. The van der Waals surface area contributed by atoms with Crippen molar-refractivity contribution in [3.63, 3.8) is 0 Å². The topological polar surface area (TPSA) is 15.3 Å². The van der Waals surface area contributed by atoms with E-state index in [-0.39, 0.29) is 0 Å². The zero-order valence-corrected chi connectivity index (χ0v) is 13.4. The molecule has 19 heavy (non-hydrogen) atoms. The fourth-order valence-corrected chi connectivity index (χ4v) is 2.61. The molecule has 0 saturated heterocycles. The zero-order valence-electron chi connectivity index (χ0n) is 12.6. The first-order valence-electron chi connectivity index (χ1n) is 7.25. The Morgan fingerprint density at radius 3 is 2.53 bits per heavy atom. The maximum atomic E-state index is 6.07. The Balaban J connectivity index is 2.61. The van der Waals surface area contributed by atoms with Crippen LogP contribution in [0.2, 0.25) is 5.02 Å². The van der Waals surface area contributed by atoms with Crippen molar-refractivity contribution in [2.24, 2.45) is 0 Å². The molecule has 1 atom stereocenters. The van der Waals surface area contributed by atoms with E-state index in [0.717, 1.165) is 18.0 Å². The molecular formula is C16H27ClN2. The van der Waals surface area contributed by atoms with Crippen molar-refractivity contribution in [2.45, 2.75) is 45.7 Å². The Morgan fingerprint density at radius 2 is 2.00 bits per heavy atom. The Bertz CT molecular complexity index is 366. The molecule has 0 heterocycles. The molecule has 0 saturated carbocycles. The van der Waals surface area contributed by atoms with Crippen LogP contribution in [0.25, 0.3) is 0 Å². The molecule has 0 spiro atoms. The fourth-order valence-electron chi connectivity index (χ4n) is 2.41. The molecule has 1 unspecified atom stereocenters. The van der Waals surface area contributed by atoms with E-state index in [2.05, 4.69) is 43.1 Å². The summed E-state index contributed by atoms with van der Waals surface area (Å²) in [5.41, 5.74) is 1.27. The van der Waals surface area contributed by atoms with Crippen LogP contribution in [0.4, 0.5) is 0 Å². The molecule has 1 aromatic carbocycles. The molecule has 1 aromatic rings. The van der Waals surface area contributed by atoms with Gasteiger partial charge in [0.1, 0.15) is 0 Å². The van der Waals surface area contributed by atoms with E-state index in [1.54, 1.807) is 0 Å². The van der Waals surface area contributed by atoms with Crippen molar-refractivity contribution in [1.82, 2.24) is 10.2 Å². The Kier molecular flexibility index (Phi) is 7.44. The third-order valence-electron chi connectivity index (χ3n) is 3.55. The summed E-state index contributed by atoms with van der Waals surface area (Å²) in [7, 11) is 2.02. The first kappa shape index (κ1) is 16.5. The van der Waals surface area contributed by atoms with Crippen molar-refractivity contribution in [3.05, 3.63) is 34.9 Å². The van der Waals surface area contributed by atoms with E-state index >= 15 is 0 Å². The lowest BCUT2D eigenvalue weighted by Crippen LogP contribution is -2.34. The van der Waals surface area contributed by atoms with Crippen LogP contribution in [0.15, 0.2) is 24.3 Å². The molecule has 108 valence electrons. The minimum Gasteiger partial charge on any atom is -0.313 e. The summed E-state index contributed by atoms with van der Waals surface area (Å²) in [5.74, 6) is 0. The largest absolute Gasteiger partial charge is 0.313 e. The van der Waals surface area contributed by atoms with Gasteiger partial charge in [0.15, 0.2) is 0 Å². The van der Waals surface area contributed by atoms with Gasteiger partial charge < -0.3 is 10.2 Å². The minimum absolute atomic E-state index is 0.372. The average molecular weight is 283 g/mol. The monoisotopic (exact) mass is 282 g/mol. The highest BCUT2D eigenvalue weighted by Crippen LogP contribution is 2.21. The predicted molar refractivity (Wildman–Crippen MR) is 84.9 cm³/mol. The van der Waals surface area contributed by atoms with Gasteiger partial charge in [0.25, 0.3) is 0 Å². The van der Waals surface area contributed by atoms with E-state index in [1.165, 1.54) is 18.5 Å². The number of nitrogens with one attached hydrogen (secondary N) is 1. The van der Waals surface area contributed by atoms with Crippen LogP contribution in [0.1, 0.15) is 45.2 Å². The van der Waals surface area contributed by atoms with E-state index in [0.29, 0.717) is 12.1 Å². The molecular weight excluding hydrogens is 256 g/mol. The van der Waals surface area contributed by atoms with Crippen LogP contribution in [-0.2, 0) is 0 Å². The van der Waals surface area contributed by atoms with Crippen LogP contribution < -0.4 is 5.32 Å². The van der Waals surface area contributed by atoms with E-state index in [4.69, 9.17) is 11.6 Å². The summed E-state index contributed by atoms with van der Waals surface area (Å²) in [5, 5.41) is 4.21. The van der Waals surface area contributed by atoms with Crippen LogP contribution in [0.3, 0.4) is 0 Å². The van der Waals surface area contributed by atoms with Gasteiger partial charge in [-0.05, 0) is 58.0 Å². The van der Waals surface area contributed by atoms with Crippen LogP contribution in [0.5, 0.6) is 0 Å². The van der Waals surface area contributed by atoms with E-state index in [1.807, 2.05) is 19.2 Å². The third kappa shape index (κ3) is 5.52.